The summed E-state index contributed by atoms with van der Waals surface area (Å²) in [4.78, 5) is 15.7. The molecule has 2 unspecified atom stereocenters. The highest BCUT2D eigenvalue weighted by Crippen LogP contribution is 2.54. The molecule has 0 amide bonds. The van der Waals surface area contributed by atoms with Crippen molar-refractivity contribution in [1.29, 1.82) is 0 Å². The van der Waals surface area contributed by atoms with Crippen LogP contribution in [-0.4, -0.2) is 27.5 Å². The number of rotatable bonds is 3. The van der Waals surface area contributed by atoms with Crippen LogP contribution in [0, 0.1) is 17.8 Å². The van der Waals surface area contributed by atoms with E-state index in [4.69, 9.17) is 5.73 Å². The molecule has 6 heteroatoms. The van der Waals surface area contributed by atoms with Gasteiger partial charge in [0.2, 0.25) is 0 Å². The van der Waals surface area contributed by atoms with Crippen LogP contribution in [0.2, 0.25) is 0 Å². The van der Waals surface area contributed by atoms with Gasteiger partial charge in [0.15, 0.2) is 11.6 Å². The molecule has 3 heterocycles. The quantitative estimate of drug-likeness (QED) is 0.872. The molecule has 2 bridgehead atoms. The minimum absolute atomic E-state index is 0.328. The molecule has 2 atom stereocenters. The fraction of sp³-hybridized carbons (Fsp3) is 0.550. The SMILES string of the molecule is Cc1cccnc1Nc1ncnc(N2CC3(C)CC2CC(C)(C)C3)c1N. The highest BCUT2D eigenvalue weighted by atomic mass is 15.3. The number of hydrogen-bond acceptors (Lipinski definition) is 6. The minimum atomic E-state index is 0.328. The van der Waals surface area contributed by atoms with Gasteiger partial charge in [0, 0.05) is 18.8 Å². The van der Waals surface area contributed by atoms with Crippen LogP contribution in [0.5, 0.6) is 0 Å². The van der Waals surface area contributed by atoms with Gasteiger partial charge in [0.05, 0.1) is 0 Å². The van der Waals surface area contributed by atoms with Crippen LogP contribution in [-0.2, 0) is 0 Å². The van der Waals surface area contributed by atoms with E-state index in [0.717, 1.165) is 23.7 Å². The zero-order valence-corrected chi connectivity index (χ0v) is 16.1. The largest absolute Gasteiger partial charge is 0.393 e. The lowest BCUT2D eigenvalue weighted by Gasteiger charge is -2.39. The number of aryl methyl sites for hydroxylation is 1. The molecule has 1 aliphatic heterocycles. The van der Waals surface area contributed by atoms with Crippen LogP contribution in [0.3, 0.4) is 0 Å². The molecule has 26 heavy (non-hydrogen) atoms. The summed E-state index contributed by atoms with van der Waals surface area (Å²) in [5.74, 6) is 2.25. The van der Waals surface area contributed by atoms with E-state index in [0.29, 0.717) is 28.4 Å². The Kier molecular flexibility index (Phi) is 3.82. The lowest BCUT2D eigenvalue weighted by atomic mass is 9.65. The van der Waals surface area contributed by atoms with Crippen molar-refractivity contribution in [2.75, 3.05) is 22.5 Å². The van der Waals surface area contributed by atoms with Gasteiger partial charge in [-0.2, -0.15) is 0 Å². The van der Waals surface area contributed by atoms with Gasteiger partial charge in [-0.25, -0.2) is 15.0 Å². The Morgan fingerprint density at radius 2 is 1.96 bits per heavy atom. The van der Waals surface area contributed by atoms with Crippen molar-refractivity contribution in [3.8, 4) is 0 Å². The molecule has 0 radical (unpaired) electrons. The zero-order valence-electron chi connectivity index (χ0n) is 16.1. The minimum Gasteiger partial charge on any atom is -0.393 e. The standard InChI is InChI=1S/C20H28N6/c1-13-6-5-7-22-16(13)25-17-15(21)18(24-12-23-17)26-11-20(4)9-14(26)8-19(2,3)10-20/h5-7,12,14H,8-11,21H2,1-4H3,(H,22,23,24,25). The fourth-order valence-corrected chi connectivity index (χ4v) is 5.15. The first kappa shape index (κ1) is 17.1. The molecule has 6 nitrogen and oxygen atoms in total. The second kappa shape index (κ2) is 5.83. The van der Waals surface area contributed by atoms with Gasteiger partial charge in [-0.1, -0.05) is 26.8 Å². The Bertz CT molecular complexity index is 833. The van der Waals surface area contributed by atoms with Crippen molar-refractivity contribution in [1.82, 2.24) is 15.0 Å². The topological polar surface area (TPSA) is 80.0 Å². The van der Waals surface area contributed by atoms with Gasteiger partial charge in [-0.05, 0) is 48.6 Å². The first-order valence-electron chi connectivity index (χ1n) is 9.32. The normalized spacial score (nSPS) is 26.8. The molecule has 2 aromatic rings. The van der Waals surface area contributed by atoms with Crippen LogP contribution in [0.4, 0.5) is 23.1 Å². The van der Waals surface area contributed by atoms with E-state index < -0.39 is 0 Å². The summed E-state index contributed by atoms with van der Waals surface area (Å²) in [6.07, 6.45) is 6.99. The van der Waals surface area contributed by atoms with Crippen LogP contribution in [0.1, 0.15) is 45.6 Å². The van der Waals surface area contributed by atoms with E-state index in [9.17, 15) is 0 Å². The first-order valence-corrected chi connectivity index (χ1v) is 9.32. The van der Waals surface area contributed by atoms with Gasteiger partial charge in [0.25, 0.3) is 0 Å². The monoisotopic (exact) mass is 352 g/mol. The first-order chi connectivity index (χ1) is 12.3. The highest BCUT2D eigenvalue weighted by molar-refractivity contribution is 5.78. The highest BCUT2D eigenvalue weighted by Gasteiger charge is 2.50. The van der Waals surface area contributed by atoms with E-state index in [1.54, 1.807) is 12.5 Å². The fourth-order valence-electron chi connectivity index (χ4n) is 5.15. The van der Waals surface area contributed by atoms with E-state index in [1.165, 1.54) is 19.3 Å². The predicted octanol–water partition coefficient (Wildman–Crippen LogP) is 3.91. The number of nitrogens with zero attached hydrogens (tertiary/aromatic N) is 4. The maximum Gasteiger partial charge on any atom is 0.160 e. The summed E-state index contributed by atoms with van der Waals surface area (Å²) in [5, 5.41) is 3.28. The lowest BCUT2D eigenvalue weighted by Crippen LogP contribution is -2.35. The van der Waals surface area contributed by atoms with E-state index in [2.05, 4.69) is 45.9 Å². The second-order valence-corrected chi connectivity index (χ2v) is 9.10. The second-order valence-electron chi connectivity index (χ2n) is 9.10. The van der Waals surface area contributed by atoms with Crippen molar-refractivity contribution < 1.29 is 0 Å². The third-order valence-corrected chi connectivity index (χ3v) is 5.80. The molecular formula is C20H28N6. The number of aromatic nitrogens is 3. The zero-order chi connectivity index (χ0) is 18.5. The van der Waals surface area contributed by atoms with Crippen LogP contribution >= 0.6 is 0 Å². The van der Waals surface area contributed by atoms with Crippen molar-refractivity contribution in [2.45, 2.75) is 53.0 Å². The van der Waals surface area contributed by atoms with Gasteiger partial charge in [0.1, 0.15) is 17.8 Å². The van der Waals surface area contributed by atoms with Gasteiger partial charge >= 0.3 is 0 Å². The number of nitrogens with one attached hydrogen (secondary N) is 1. The molecule has 1 saturated heterocycles. The summed E-state index contributed by atoms with van der Waals surface area (Å²) in [6, 6.07) is 4.42. The Labute approximate surface area is 155 Å². The van der Waals surface area contributed by atoms with E-state index in [1.807, 2.05) is 19.1 Å². The van der Waals surface area contributed by atoms with Gasteiger partial charge < -0.3 is 16.0 Å². The van der Waals surface area contributed by atoms with Crippen LogP contribution in [0.25, 0.3) is 0 Å². The number of anilines is 4. The number of nitrogen functional groups attached to an aromatic ring is 1. The molecule has 2 aromatic heterocycles. The number of fused-ring (bicyclic) bond motifs is 2. The third kappa shape index (κ3) is 2.97. The van der Waals surface area contributed by atoms with Crippen molar-refractivity contribution in [3.05, 3.63) is 30.2 Å². The summed E-state index contributed by atoms with van der Waals surface area (Å²) in [6.45, 7) is 10.2. The Hall–Kier alpha value is -2.37. The molecule has 0 spiro atoms. The molecule has 2 fully saturated rings. The number of nitrogens with two attached hydrogens (primary N) is 1. The summed E-state index contributed by atoms with van der Waals surface area (Å²) < 4.78 is 0. The van der Waals surface area contributed by atoms with Crippen LogP contribution < -0.4 is 16.0 Å². The Morgan fingerprint density at radius 3 is 2.73 bits per heavy atom. The Morgan fingerprint density at radius 1 is 1.15 bits per heavy atom. The van der Waals surface area contributed by atoms with Crippen molar-refractivity contribution >= 4 is 23.1 Å². The molecule has 1 aliphatic carbocycles. The number of pyridine rings is 1. The molecule has 0 aromatic carbocycles. The molecule has 4 rings (SSSR count). The van der Waals surface area contributed by atoms with Gasteiger partial charge in [-0.15, -0.1) is 0 Å². The summed E-state index contributed by atoms with van der Waals surface area (Å²) >= 11 is 0. The van der Waals surface area contributed by atoms with Gasteiger partial charge in [-0.3, -0.25) is 0 Å². The average molecular weight is 352 g/mol. The molecule has 3 N–H and O–H groups in total. The Balaban J connectivity index is 1.66. The number of hydrogen-bond donors (Lipinski definition) is 2. The molecule has 2 aliphatic rings. The van der Waals surface area contributed by atoms with E-state index >= 15 is 0 Å². The van der Waals surface area contributed by atoms with E-state index in [-0.39, 0.29) is 0 Å². The average Bonchev–Trinajstić information content (AvgIpc) is 2.80. The predicted molar refractivity (Wildman–Crippen MR) is 106 cm³/mol. The molecule has 138 valence electrons. The van der Waals surface area contributed by atoms with Crippen LogP contribution in [0.15, 0.2) is 24.7 Å². The maximum absolute atomic E-state index is 6.50. The lowest BCUT2D eigenvalue weighted by molar-refractivity contribution is 0.136. The molecule has 1 saturated carbocycles. The van der Waals surface area contributed by atoms with Crippen molar-refractivity contribution in [3.63, 3.8) is 0 Å². The molecular weight excluding hydrogens is 324 g/mol. The van der Waals surface area contributed by atoms with Crippen molar-refractivity contribution in [2.24, 2.45) is 10.8 Å². The third-order valence-electron chi connectivity index (χ3n) is 5.80. The maximum atomic E-state index is 6.50. The summed E-state index contributed by atoms with van der Waals surface area (Å²) in [7, 11) is 0. The summed E-state index contributed by atoms with van der Waals surface area (Å²) in [5.41, 5.74) is 8.84. The smallest absolute Gasteiger partial charge is 0.160 e.